The van der Waals surface area contributed by atoms with Crippen LogP contribution in [0.4, 0.5) is 0 Å². The van der Waals surface area contributed by atoms with E-state index in [0.29, 0.717) is 0 Å². The first-order valence-corrected chi connectivity index (χ1v) is 5.64. The highest BCUT2D eigenvalue weighted by molar-refractivity contribution is 5.81. The van der Waals surface area contributed by atoms with Crippen LogP contribution in [0.25, 0.3) is 0 Å². The maximum Gasteiger partial charge on any atom is 0.239 e. The van der Waals surface area contributed by atoms with E-state index in [2.05, 4.69) is 4.90 Å². The molecule has 2 N–H and O–H groups in total. The Morgan fingerprint density at radius 2 is 1.87 bits per heavy atom. The summed E-state index contributed by atoms with van der Waals surface area (Å²) in [4.78, 5) is 15.6. The molecule has 4 nitrogen and oxygen atoms in total. The minimum Gasteiger partial charge on any atom is -0.344 e. The molecule has 0 radical (unpaired) electrons. The Balaban J connectivity index is 3.78. The van der Waals surface area contributed by atoms with Gasteiger partial charge in [0.15, 0.2) is 0 Å². The second kappa shape index (κ2) is 7.65. The smallest absolute Gasteiger partial charge is 0.239 e. The van der Waals surface area contributed by atoms with Crippen molar-refractivity contribution in [1.82, 2.24) is 9.80 Å². The molecule has 0 aliphatic heterocycles. The zero-order chi connectivity index (χ0) is 11.8. The van der Waals surface area contributed by atoms with Crippen molar-refractivity contribution >= 4 is 5.91 Å². The van der Waals surface area contributed by atoms with Gasteiger partial charge in [-0.15, -0.1) is 0 Å². The van der Waals surface area contributed by atoms with Crippen LogP contribution in [0.3, 0.4) is 0 Å². The standard InChI is InChI=1S/C11H25N3O/c1-5-7-10(12)11(15)14(4)9-6-8-13(2)3/h10H,5-9,12H2,1-4H3/t10-/m1/s1. The molecule has 1 amide bonds. The molecule has 0 aliphatic carbocycles. The lowest BCUT2D eigenvalue weighted by Crippen LogP contribution is -2.42. The quantitative estimate of drug-likeness (QED) is 0.674. The summed E-state index contributed by atoms with van der Waals surface area (Å²) in [7, 11) is 5.89. The molecule has 0 unspecified atom stereocenters. The third kappa shape index (κ3) is 6.47. The highest BCUT2D eigenvalue weighted by atomic mass is 16.2. The molecule has 0 fully saturated rings. The summed E-state index contributed by atoms with van der Waals surface area (Å²) < 4.78 is 0. The van der Waals surface area contributed by atoms with Crippen molar-refractivity contribution < 1.29 is 4.79 Å². The van der Waals surface area contributed by atoms with Gasteiger partial charge in [0.2, 0.25) is 5.91 Å². The monoisotopic (exact) mass is 215 g/mol. The first kappa shape index (κ1) is 14.4. The zero-order valence-corrected chi connectivity index (χ0v) is 10.5. The third-order valence-electron chi connectivity index (χ3n) is 2.39. The summed E-state index contributed by atoms with van der Waals surface area (Å²) in [6.45, 7) is 3.83. The van der Waals surface area contributed by atoms with E-state index in [1.54, 1.807) is 4.90 Å². The van der Waals surface area contributed by atoms with Gasteiger partial charge in [0, 0.05) is 13.6 Å². The van der Waals surface area contributed by atoms with Gasteiger partial charge < -0.3 is 15.5 Å². The lowest BCUT2D eigenvalue weighted by Gasteiger charge is -2.21. The van der Waals surface area contributed by atoms with Gasteiger partial charge in [-0.05, 0) is 33.5 Å². The van der Waals surface area contributed by atoms with E-state index in [-0.39, 0.29) is 11.9 Å². The Morgan fingerprint density at radius 3 is 2.33 bits per heavy atom. The molecule has 90 valence electrons. The number of carbonyl (C=O) groups excluding carboxylic acids is 1. The van der Waals surface area contributed by atoms with Gasteiger partial charge in [-0.1, -0.05) is 13.3 Å². The van der Waals surface area contributed by atoms with Crippen molar-refractivity contribution in [3.05, 3.63) is 0 Å². The van der Waals surface area contributed by atoms with E-state index in [0.717, 1.165) is 32.4 Å². The van der Waals surface area contributed by atoms with E-state index < -0.39 is 0 Å². The van der Waals surface area contributed by atoms with Crippen LogP contribution in [0.5, 0.6) is 0 Å². The van der Waals surface area contributed by atoms with Gasteiger partial charge in [-0.2, -0.15) is 0 Å². The maximum atomic E-state index is 11.7. The molecule has 0 rings (SSSR count). The van der Waals surface area contributed by atoms with Gasteiger partial charge in [0.05, 0.1) is 6.04 Å². The molecule has 0 heterocycles. The van der Waals surface area contributed by atoms with Gasteiger partial charge in [0.25, 0.3) is 0 Å². The first-order valence-electron chi connectivity index (χ1n) is 5.64. The molecular formula is C11H25N3O. The van der Waals surface area contributed by atoms with Crippen molar-refractivity contribution in [2.75, 3.05) is 34.2 Å². The van der Waals surface area contributed by atoms with Crippen LogP contribution in [0.15, 0.2) is 0 Å². The van der Waals surface area contributed by atoms with Crippen molar-refractivity contribution in [2.45, 2.75) is 32.2 Å². The van der Waals surface area contributed by atoms with Gasteiger partial charge in [-0.25, -0.2) is 0 Å². The lowest BCUT2D eigenvalue weighted by atomic mass is 10.1. The third-order valence-corrected chi connectivity index (χ3v) is 2.39. The molecule has 15 heavy (non-hydrogen) atoms. The van der Waals surface area contributed by atoms with E-state index in [1.165, 1.54) is 0 Å². The van der Waals surface area contributed by atoms with Crippen LogP contribution >= 0.6 is 0 Å². The van der Waals surface area contributed by atoms with E-state index in [1.807, 2.05) is 28.1 Å². The summed E-state index contributed by atoms with van der Waals surface area (Å²) in [5.41, 5.74) is 5.76. The van der Waals surface area contributed by atoms with Gasteiger partial charge >= 0.3 is 0 Å². The summed E-state index contributed by atoms with van der Waals surface area (Å²) in [6.07, 6.45) is 2.73. The van der Waals surface area contributed by atoms with Crippen LogP contribution in [-0.2, 0) is 4.79 Å². The maximum absolute atomic E-state index is 11.7. The van der Waals surface area contributed by atoms with Gasteiger partial charge in [0.1, 0.15) is 0 Å². The Hall–Kier alpha value is -0.610. The molecule has 1 atom stereocenters. The second-order valence-electron chi connectivity index (χ2n) is 4.31. The summed E-state index contributed by atoms with van der Waals surface area (Å²) in [5, 5.41) is 0. The number of likely N-dealkylation sites (N-methyl/N-ethyl adjacent to an activating group) is 1. The minimum absolute atomic E-state index is 0.0654. The molecule has 0 bridgehead atoms. The largest absolute Gasteiger partial charge is 0.344 e. The minimum atomic E-state index is -0.320. The fourth-order valence-electron chi connectivity index (χ4n) is 1.45. The predicted molar refractivity (Wildman–Crippen MR) is 63.7 cm³/mol. The predicted octanol–water partition coefficient (Wildman–Crippen LogP) is 0.524. The Labute approximate surface area is 93.4 Å². The van der Waals surface area contributed by atoms with E-state index in [9.17, 15) is 4.79 Å². The number of nitrogens with two attached hydrogens (primary N) is 1. The highest BCUT2D eigenvalue weighted by Gasteiger charge is 2.16. The van der Waals surface area contributed by atoms with Crippen molar-refractivity contribution in [3.63, 3.8) is 0 Å². The van der Waals surface area contributed by atoms with Crippen LogP contribution in [0.2, 0.25) is 0 Å². The fraction of sp³-hybridized carbons (Fsp3) is 0.909. The Bertz CT molecular complexity index is 183. The fourth-order valence-corrected chi connectivity index (χ4v) is 1.45. The van der Waals surface area contributed by atoms with Crippen molar-refractivity contribution in [1.29, 1.82) is 0 Å². The summed E-state index contributed by atoms with van der Waals surface area (Å²) in [6, 6.07) is -0.320. The number of hydrogen-bond acceptors (Lipinski definition) is 3. The van der Waals surface area contributed by atoms with Crippen molar-refractivity contribution in [2.24, 2.45) is 5.73 Å². The molecule has 0 spiro atoms. The summed E-state index contributed by atoms with van der Waals surface area (Å²) in [5.74, 6) is 0.0654. The molecule has 0 saturated carbocycles. The number of hydrogen-bond donors (Lipinski definition) is 1. The first-order chi connectivity index (χ1) is 6.99. The Kier molecular flexibility index (Phi) is 7.34. The second-order valence-corrected chi connectivity index (χ2v) is 4.31. The Morgan fingerprint density at radius 1 is 1.27 bits per heavy atom. The number of carbonyl (C=O) groups is 1. The zero-order valence-electron chi connectivity index (χ0n) is 10.5. The molecule has 0 aromatic heterocycles. The topological polar surface area (TPSA) is 49.6 Å². The molecule has 0 aliphatic rings. The van der Waals surface area contributed by atoms with Crippen LogP contribution in [0.1, 0.15) is 26.2 Å². The lowest BCUT2D eigenvalue weighted by molar-refractivity contribution is -0.131. The number of nitrogens with zero attached hydrogens (tertiary/aromatic N) is 2. The average molecular weight is 215 g/mol. The number of amides is 1. The average Bonchev–Trinajstić information content (AvgIpc) is 2.16. The molecule has 0 aromatic rings. The molecule has 4 heteroatoms. The van der Waals surface area contributed by atoms with Crippen LogP contribution in [-0.4, -0.2) is 56.0 Å². The van der Waals surface area contributed by atoms with Crippen LogP contribution < -0.4 is 5.73 Å². The molecule has 0 saturated heterocycles. The van der Waals surface area contributed by atoms with E-state index >= 15 is 0 Å². The van der Waals surface area contributed by atoms with Crippen molar-refractivity contribution in [3.8, 4) is 0 Å². The SMILES string of the molecule is CCC[C@@H](N)C(=O)N(C)CCCN(C)C. The normalized spacial score (nSPS) is 12.9. The molecule has 0 aromatic carbocycles. The summed E-state index contributed by atoms with van der Waals surface area (Å²) >= 11 is 0. The van der Waals surface area contributed by atoms with E-state index in [4.69, 9.17) is 5.73 Å². The highest BCUT2D eigenvalue weighted by Crippen LogP contribution is 1.99. The molecular weight excluding hydrogens is 190 g/mol. The number of rotatable bonds is 7. The van der Waals surface area contributed by atoms with Crippen LogP contribution in [0, 0.1) is 0 Å². The van der Waals surface area contributed by atoms with Gasteiger partial charge in [-0.3, -0.25) is 4.79 Å².